The third-order valence-electron chi connectivity index (χ3n) is 5.00. The van der Waals surface area contributed by atoms with Crippen LogP contribution >= 0.6 is 0 Å². The number of Topliss-reactive ketones (excluding diaryl/α,β-unsaturated/α-hetero) is 1. The Morgan fingerprint density at radius 1 is 1.14 bits per heavy atom. The van der Waals surface area contributed by atoms with Crippen molar-refractivity contribution in [2.24, 2.45) is 0 Å². The molecule has 29 heavy (non-hydrogen) atoms. The highest BCUT2D eigenvalue weighted by atomic mass is 16.3. The third-order valence-corrected chi connectivity index (χ3v) is 5.00. The summed E-state index contributed by atoms with van der Waals surface area (Å²) in [5, 5.41) is 10.6. The zero-order chi connectivity index (χ0) is 20.4. The average Bonchev–Trinajstić information content (AvgIpc) is 3.29. The molecule has 0 bridgehead atoms. The molecule has 1 aliphatic heterocycles. The first-order valence-electron chi connectivity index (χ1n) is 9.35. The summed E-state index contributed by atoms with van der Waals surface area (Å²) in [6.45, 7) is 2.08. The van der Waals surface area contributed by atoms with E-state index in [-0.39, 0.29) is 11.3 Å². The molecular weight excluding hydrogens is 368 g/mol. The van der Waals surface area contributed by atoms with Crippen molar-refractivity contribution >= 4 is 11.7 Å². The summed E-state index contributed by atoms with van der Waals surface area (Å²) in [5.74, 6) is -0.931. The van der Waals surface area contributed by atoms with Gasteiger partial charge in [0.15, 0.2) is 11.5 Å². The van der Waals surface area contributed by atoms with Gasteiger partial charge in [-0.05, 0) is 42.7 Å². The molecule has 0 aliphatic carbocycles. The first-order chi connectivity index (χ1) is 14.1. The molecule has 1 aliphatic rings. The maximum absolute atomic E-state index is 13.1. The number of rotatable bonds is 6. The maximum Gasteiger partial charge on any atom is 0.290 e. The molecule has 6 heteroatoms. The summed E-state index contributed by atoms with van der Waals surface area (Å²) >= 11 is 0. The first-order valence-corrected chi connectivity index (χ1v) is 9.35. The van der Waals surface area contributed by atoms with Gasteiger partial charge in [-0.1, -0.05) is 36.4 Å². The Labute approximate surface area is 168 Å². The Morgan fingerprint density at radius 2 is 1.93 bits per heavy atom. The van der Waals surface area contributed by atoms with Crippen LogP contribution in [0.1, 0.15) is 33.5 Å². The SMILES string of the molecule is Cc1ccc(C(=O)C2=C(O)C(=O)N(CCc3ccccc3)[C@@H]2c2cccnc2)o1. The molecule has 0 radical (unpaired) electrons. The highest BCUT2D eigenvalue weighted by molar-refractivity contribution is 6.15. The normalized spacial score (nSPS) is 16.5. The molecule has 1 N–H and O–H groups in total. The number of furan rings is 1. The van der Waals surface area contributed by atoms with Gasteiger partial charge in [0.1, 0.15) is 5.76 Å². The molecule has 1 atom stereocenters. The molecule has 1 amide bonds. The summed E-state index contributed by atoms with van der Waals surface area (Å²) in [7, 11) is 0. The minimum atomic E-state index is -0.724. The third kappa shape index (κ3) is 3.57. The van der Waals surface area contributed by atoms with Crippen molar-refractivity contribution in [3.05, 3.63) is 101 Å². The number of pyridine rings is 1. The van der Waals surface area contributed by atoms with Crippen LogP contribution in [-0.4, -0.2) is 33.2 Å². The van der Waals surface area contributed by atoms with E-state index in [0.29, 0.717) is 24.3 Å². The van der Waals surface area contributed by atoms with Gasteiger partial charge in [-0.3, -0.25) is 14.6 Å². The Balaban J connectivity index is 1.71. The monoisotopic (exact) mass is 388 g/mol. The minimum Gasteiger partial charge on any atom is -0.503 e. The maximum atomic E-state index is 13.1. The summed E-state index contributed by atoms with van der Waals surface area (Å²) in [5.41, 5.74) is 1.74. The highest BCUT2D eigenvalue weighted by Crippen LogP contribution is 2.38. The second-order valence-corrected chi connectivity index (χ2v) is 6.92. The van der Waals surface area contributed by atoms with Crippen LogP contribution in [0.25, 0.3) is 0 Å². The number of benzene rings is 1. The average molecular weight is 388 g/mol. The molecule has 2 aromatic heterocycles. The lowest BCUT2D eigenvalue weighted by Crippen LogP contribution is -2.33. The Bertz CT molecular complexity index is 1070. The van der Waals surface area contributed by atoms with E-state index in [4.69, 9.17) is 4.42 Å². The van der Waals surface area contributed by atoms with Gasteiger partial charge in [0.05, 0.1) is 11.6 Å². The Hall–Kier alpha value is -3.67. The number of aromatic nitrogens is 1. The highest BCUT2D eigenvalue weighted by Gasteiger charge is 2.44. The van der Waals surface area contributed by atoms with Crippen molar-refractivity contribution in [1.29, 1.82) is 0 Å². The van der Waals surface area contributed by atoms with Gasteiger partial charge in [0.2, 0.25) is 5.78 Å². The molecule has 0 unspecified atom stereocenters. The Kier molecular flexibility index (Phi) is 4.99. The van der Waals surface area contributed by atoms with Gasteiger partial charge in [-0.15, -0.1) is 0 Å². The van der Waals surface area contributed by atoms with Gasteiger partial charge < -0.3 is 14.4 Å². The van der Waals surface area contributed by atoms with Crippen LogP contribution in [0, 0.1) is 6.92 Å². The lowest BCUT2D eigenvalue weighted by Gasteiger charge is -2.26. The van der Waals surface area contributed by atoms with E-state index in [1.165, 1.54) is 4.90 Å². The van der Waals surface area contributed by atoms with Crippen LogP contribution in [-0.2, 0) is 11.2 Å². The van der Waals surface area contributed by atoms with Crippen LogP contribution in [0.3, 0.4) is 0 Å². The summed E-state index contributed by atoms with van der Waals surface area (Å²) in [6, 6.07) is 15.8. The quantitative estimate of drug-likeness (QED) is 0.650. The van der Waals surface area contributed by atoms with E-state index in [0.717, 1.165) is 5.56 Å². The number of hydrogen-bond donors (Lipinski definition) is 1. The van der Waals surface area contributed by atoms with Crippen molar-refractivity contribution in [2.45, 2.75) is 19.4 Å². The fourth-order valence-electron chi connectivity index (χ4n) is 3.58. The number of hydrogen-bond acceptors (Lipinski definition) is 5. The van der Waals surface area contributed by atoms with Crippen LogP contribution in [0.15, 0.2) is 82.7 Å². The molecule has 0 spiro atoms. The van der Waals surface area contributed by atoms with Gasteiger partial charge in [-0.2, -0.15) is 0 Å². The second kappa shape index (κ2) is 7.75. The molecule has 3 aromatic rings. The van der Waals surface area contributed by atoms with Gasteiger partial charge in [0.25, 0.3) is 5.91 Å². The molecule has 6 nitrogen and oxygen atoms in total. The molecule has 4 rings (SSSR count). The van der Waals surface area contributed by atoms with Gasteiger partial charge in [0, 0.05) is 18.9 Å². The largest absolute Gasteiger partial charge is 0.503 e. The lowest BCUT2D eigenvalue weighted by molar-refractivity contribution is -0.129. The summed E-state index contributed by atoms with van der Waals surface area (Å²) < 4.78 is 5.45. The zero-order valence-electron chi connectivity index (χ0n) is 15.9. The van der Waals surface area contributed by atoms with Crippen LogP contribution < -0.4 is 0 Å². The number of aryl methyl sites for hydroxylation is 1. The summed E-state index contributed by atoms with van der Waals surface area (Å²) in [6.07, 6.45) is 3.82. The fraction of sp³-hybridized carbons (Fsp3) is 0.174. The van der Waals surface area contributed by atoms with E-state index in [1.807, 2.05) is 30.3 Å². The number of ketones is 1. The van der Waals surface area contributed by atoms with Gasteiger partial charge in [-0.25, -0.2) is 0 Å². The molecule has 0 saturated carbocycles. The van der Waals surface area contributed by atoms with Crippen LogP contribution in [0.4, 0.5) is 0 Å². The number of nitrogens with zero attached hydrogens (tertiary/aromatic N) is 2. The van der Waals surface area contributed by atoms with Crippen molar-refractivity contribution in [3.8, 4) is 0 Å². The van der Waals surface area contributed by atoms with E-state index >= 15 is 0 Å². The van der Waals surface area contributed by atoms with E-state index in [9.17, 15) is 14.7 Å². The van der Waals surface area contributed by atoms with Gasteiger partial charge >= 0.3 is 0 Å². The minimum absolute atomic E-state index is 0.0189. The predicted octanol–water partition coefficient (Wildman–Crippen LogP) is 3.80. The topological polar surface area (TPSA) is 83.6 Å². The van der Waals surface area contributed by atoms with Crippen molar-refractivity contribution in [1.82, 2.24) is 9.88 Å². The lowest BCUT2D eigenvalue weighted by atomic mass is 9.96. The number of aliphatic hydroxyl groups excluding tert-OH is 1. The van der Waals surface area contributed by atoms with Crippen molar-refractivity contribution in [3.63, 3.8) is 0 Å². The zero-order valence-corrected chi connectivity index (χ0v) is 15.9. The number of carbonyl (C=O) groups excluding carboxylic acids is 2. The Morgan fingerprint density at radius 3 is 2.59 bits per heavy atom. The fourth-order valence-corrected chi connectivity index (χ4v) is 3.58. The molecule has 1 aromatic carbocycles. The smallest absolute Gasteiger partial charge is 0.290 e. The van der Waals surface area contributed by atoms with Crippen LogP contribution in [0.2, 0.25) is 0 Å². The molecule has 146 valence electrons. The number of aliphatic hydroxyl groups is 1. The predicted molar refractivity (Wildman–Crippen MR) is 106 cm³/mol. The first kappa shape index (κ1) is 18.7. The van der Waals surface area contributed by atoms with E-state index in [2.05, 4.69) is 4.98 Å². The summed E-state index contributed by atoms with van der Waals surface area (Å²) in [4.78, 5) is 31.6. The van der Waals surface area contributed by atoms with Crippen molar-refractivity contribution < 1.29 is 19.1 Å². The second-order valence-electron chi connectivity index (χ2n) is 6.92. The number of amides is 1. The van der Waals surface area contributed by atoms with Crippen molar-refractivity contribution in [2.75, 3.05) is 6.54 Å². The standard InChI is InChI=1S/C23H20N2O4/c1-15-9-10-18(29-15)21(26)19-20(17-8-5-12-24-14-17)25(23(28)22(19)27)13-11-16-6-3-2-4-7-16/h2-10,12,14,20,27H,11,13H2,1H3/t20-/m1/s1. The van der Waals surface area contributed by atoms with E-state index in [1.54, 1.807) is 43.6 Å². The molecular formula is C23H20N2O4. The number of carbonyl (C=O) groups is 2. The molecule has 3 heterocycles. The molecule has 0 fully saturated rings. The van der Waals surface area contributed by atoms with Crippen LogP contribution in [0.5, 0.6) is 0 Å². The molecule has 0 saturated heterocycles. The van der Waals surface area contributed by atoms with E-state index < -0.39 is 23.5 Å².